The number of hydrogen-bond acceptors (Lipinski definition) is 5. The number of nitrogens with zero attached hydrogens (tertiary/aromatic N) is 3. The van der Waals surface area contributed by atoms with Gasteiger partial charge in [-0.2, -0.15) is 0 Å². The summed E-state index contributed by atoms with van der Waals surface area (Å²) in [5.74, 6) is 1.33. The van der Waals surface area contributed by atoms with Crippen molar-refractivity contribution in [3.05, 3.63) is 38.0 Å². The Balaban J connectivity index is 1.40. The van der Waals surface area contributed by atoms with Gasteiger partial charge in [0, 0.05) is 43.4 Å². The van der Waals surface area contributed by atoms with Gasteiger partial charge in [-0.1, -0.05) is 13.8 Å². The summed E-state index contributed by atoms with van der Waals surface area (Å²) in [7, 11) is 1.74. The van der Waals surface area contributed by atoms with Crippen molar-refractivity contribution in [3.63, 3.8) is 0 Å². The number of rotatable bonds is 6. The first-order valence-corrected chi connectivity index (χ1v) is 11.0. The third-order valence-electron chi connectivity index (χ3n) is 4.58. The molecule has 3 heterocycles. The minimum Gasteiger partial charge on any atom is -0.356 e. The van der Waals surface area contributed by atoms with E-state index >= 15 is 0 Å². The molecular formula is C19H27N5OS2. The van der Waals surface area contributed by atoms with Crippen molar-refractivity contribution < 1.29 is 4.79 Å². The highest BCUT2D eigenvalue weighted by Crippen LogP contribution is 2.24. The summed E-state index contributed by atoms with van der Waals surface area (Å²) in [6.07, 6.45) is 1.44. The number of carbonyl (C=O) groups is 1. The summed E-state index contributed by atoms with van der Waals surface area (Å²) in [5, 5.41) is 11.7. The van der Waals surface area contributed by atoms with Gasteiger partial charge < -0.3 is 15.5 Å². The van der Waals surface area contributed by atoms with E-state index in [9.17, 15) is 4.79 Å². The first kappa shape index (κ1) is 19.8. The Hall–Kier alpha value is -1.93. The van der Waals surface area contributed by atoms with Gasteiger partial charge in [-0.3, -0.25) is 9.79 Å². The average Bonchev–Trinajstić information content (AvgIpc) is 3.32. The second kappa shape index (κ2) is 9.32. The van der Waals surface area contributed by atoms with Crippen molar-refractivity contribution in [1.29, 1.82) is 0 Å². The molecule has 0 saturated heterocycles. The molecule has 0 fully saturated rings. The van der Waals surface area contributed by atoms with Crippen molar-refractivity contribution in [1.82, 2.24) is 20.5 Å². The second-order valence-corrected chi connectivity index (χ2v) is 8.80. The van der Waals surface area contributed by atoms with Gasteiger partial charge >= 0.3 is 0 Å². The Bertz CT molecular complexity index is 796. The van der Waals surface area contributed by atoms with Gasteiger partial charge in [-0.15, -0.1) is 22.7 Å². The van der Waals surface area contributed by atoms with Gasteiger partial charge in [0.1, 0.15) is 5.01 Å². The van der Waals surface area contributed by atoms with E-state index in [2.05, 4.69) is 51.3 Å². The highest BCUT2D eigenvalue weighted by atomic mass is 32.1. The van der Waals surface area contributed by atoms with Crippen LogP contribution in [0.1, 0.15) is 47.3 Å². The maximum absolute atomic E-state index is 12.5. The van der Waals surface area contributed by atoms with Gasteiger partial charge in [-0.05, 0) is 29.3 Å². The van der Waals surface area contributed by atoms with E-state index in [1.807, 2.05) is 4.90 Å². The molecule has 6 nitrogen and oxygen atoms in total. The Kier molecular flexibility index (Phi) is 6.84. The molecule has 2 N–H and O–H groups in total. The van der Waals surface area contributed by atoms with E-state index in [1.165, 1.54) is 10.4 Å². The summed E-state index contributed by atoms with van der Waals surface area (Å²) in [6.45, 7) is 7.06. The lowest BCUT2D eigenvalue weighted by molar-refractivity contribution is -0.131. The van der Waals surface area contributed by atoms with Crippen molar-refractivity contribution in [3.8, 4) is 0 Å². The maximum Gasteiger partial charge on any atom is 0.224 e. The zero-order valence-corrected chi connectivity index (χ0v) is 17.8. The van der Waals surface area contributed by atoms with Crippen LogP contribution < -0.4 is 10.6 Å². The van der Waals surface area contributed by atoms with Gasteiger partial charge in [0.05, 0.1) is 12.2 Å². The lowest BCUT2D eigenvalue weighted by Gasteiger charge is -2.27. The van der Waals surface area contributed by atoms with E-state index in [1.54, 1.807) is 29.7 Å². The third kappa shape index (κ3) is 5.29. The van der Waals surface area contributed by atoms with Crippen LogP contribution in [0.15, 0.2) is 21.8 Å². The number of guanidine groups is 1. The molecule has 1 aliphatic heterocycles. The minimum atomic E-state index is 0.191. The molecule has 2 aromatic heterocycles. The summed E-state index contributed by atoms with van der Waals surface area (Å²) in [4.78, 5) is 24.7. The van der Waals surface area contributed by atoms with E-state index < -0.39 is 0 Å². The lowest BCUT2D eigenvalue weighted by Crippen LogP contribution is -2.40. The molecule has 146 valence electrons. The molecule has 2 aromatic rings. The summed E-state index contributed by atoms with van der Waals surface area (Å²) < 4.78 is 0. The molecule has 8 heteroatoms. The summed E-state index contributed by atoms with van der Waals surface area (Å²) >= 11 is 3.45. The van der Waals surface area contributed by atoms with Crippen LogP contribution in [-0.4, -0.2) is 41.9 Å². The monoisotopic (exact) mass is 405 g/mol. The molecule has 0 spiro atoms. The molecule has 0 unspecified atom stereocenters. The van der Waals surface area contributed by atoms with E-state index in [0.717, 1.165) is 30.2 Å². The molecule has 0 aromatic carbocycles. The molecule has 0 aliphatic carbocycles. The smallest absolute Gasteiger partial charge is 0.224 e. The highest BCUT2D eigenvalue weighted by molar-refractivity contribution is 7.10. The number of nitrogens with one attached hydrogen (secondary N) is 2. The van der Waals surface area contributed by atoms with E-state index in [0.29, 0.717) is 31.4 Å². The third-order valence-corrected chi connectivity index (χ3v) is 6.47. The zero-order valence-electron chi connectivity index (χ0n) is 16.1. The fourth-order valence-electron chi connectivity index (χ4n) is 2.96. The molecule has 1 amide bonds. The number of thiophene rings is 1. The zero-order chi connectivity index (χ0) is 19.2. The maximum atomic E-state index is 12.5. The Morgan fingerprint density at radius 2 is 2.22 bits per heavy atom. The topological polar surface area (TPSA) is 69.6 Å². The number of fused-ring (bicyclic) bond motifs is 1. The van der Waals surface area contributed by atoms with Gasteiger partial charge in [0.15, 0.2) is 5.96 Å². The van der Waals surface area contributed by atoms with Crippen LogP contribution in [-0.2, 0) is 24.3 Å². The van der Waals surface area contributed by atoms with Crippen molar-refractivity contribution in [2.45, 2.75) is 45.7 Å². The molecular weight excluding hydrogens is 378 g/mol. The van der Waals surface area contributed by atoms with Crippen LogP contribution in [0, 0.1) is 0 Å². The predicted octanol–water partition coefficient (Wildman–Crippen LogP) is 2.97. The van der Waals surface area contributed by atoms with Crippen LogP contribution in [0.4, 0.5) is 0 Å². The largest absolute Gasteiger partial charge is 0.356 e. The fraction of sp³-hybridized carbons (Fsp3) is 0.526. The van der Waals surface area contributed by atoms with Crippen LogP contribution in [0.3, 0.4) is 0 Å². The standard InChI is InChI=1S/C19H27N5OS2/c1-13(2)15-12-27-17(23-15)10-22-19(20-3)21-7-4-18(25)24-8-5-16-14(11-24)6-9-26-16/h6,9,12-13H,4-5,7-8,10-11H2,1-3H3,(H2,20,21,22). The minimum absolute atomic E-state index is 0.191. The SMILES string of the molecule is CN=C(NCCC(=O)N1CCc2sccc2C1)NCc1nc(C(C)C)cs1. The normalized spacial score (nSPS) is 14.4. The van der Waals surface area contributed by atoms with Crippen LogP contribution >= 0.6 is 22.7 Å². The Morgan fingerprint density at radius 3 is 2.96 bits per heavy atom. The average molecular weight is 406 g/mol. The molecule has 3 rings (SSSR count). The van der Waals surface area contributed by atoms with Crippen molar-refractivity contribution in [2.24, 2.45) is 4.99 Å². The summed E-state index contributed by atoms with van der Waals surface area (Å²) in [5.41, 5.74) is 2.43. The molecule has 0 atom stereocenters. The van der Waals surface area contributed by atoms with Crippen LogP contribution in [0.25, 0.3) is 0 Å². The van der Waals surface area contributed by atoms with Crippen molar-refractivity contribution >= 4 is 34.5 Å². The summed E-state index contributed by atoms with van der Waals surface area (Å²) in [6, 6.07) is 2.13. The first-order chi connectivity index (χ1) is 13.1. The molecule has 0 bridgehead atoms. The van der Waals surface area contributed by atoms with Crippen LogP contribution in [0.2, 0.25) is 0 Å². The lowest BCUT2D eigenvalue weighted by atomic mass is 10.1. The molecule has 0 saturated carbocycles. The molecule has 0 radical (unpaired) electrons. The number of aliphatic imine (C=N–C) groups is 1. The number of amides is 1. The predicted molar refractivity (Wildman–Crippen MR) is 112 cm³/mol. The number of carbonyl (C=O) groups excluding carboxylic acids is 1. The van der Waals surface area contributed by atoms with Gasteiger partial charge in [-0.25, -0.2) is 4.98 Å². The molecule has 1 aliphatic rings. The fourth-order valence-corrected chi connectivity index (χ4v) is 4.74. The van der Waals surface area contributed by atoms with Crippen molar-refractivity contribution in [2.75, 3.05) is 20.1 Å². The Labute approximate surface area is 168 Å². The number of hydrogen-bond donors (Lipinski definition) is 2. The molecule has 27 heavy (non-hydrogen) atoms. The second-order valence-electron chi connectivity index (χ2n) is 6.86. The van der Waals surface area contributed by atoms with E-state index in [-0.39, 0.29) is 5.91 Å². The van der Waals surface area contributed by atoms with E-state index in [4.69, 9.17) is 0 Å². The highest BCUT2D eigenvalue weighted by Gasteiger charge is 2.21. The number of aromatic nitrogens is 1. The number of thiazole rings is 1. The van der Waals surface area contributed by atoms with Gasteiger partial charge in [0.2, 0.25) is 5.91 Å². The quantitative estimate of drug-likeness (QED) is 0.573. The van der Waals surface area contributed by atoms with Gasteiger partial charge in [0.25, 0.3) is 0 Å². The first-order valence-electron chi connectivity index (χ1n) is 9.28. The van der Waals surface area contributed by atoms with Crippen LogP contribution in [0.5, 0.6) is 0 Å². The Morgan fingerprint density at radius 1 is 1.37 bits per heavy atom.